The molecule has 1 aliphatic heterocycles. The van der Waals surface area contributed by atoms with Crippen molar-refractivity contribution in [3.63, 3.8) is 0 Å². The van der Waals surface area contributed by atoms with Crippen molar-refractivity contribution in [1.82, 2.24) is 9.80 Å². The minimum atomic E-state index is -0.474. The van der Waals surface area contributed by atoms with Crippen LogP contribution in [0.1, 0.15) is 31.9 Å². The largest absolute Gasteiger partial charge is 0.387 e. The van der Waals surface area contributed by atoms with E-state index in [9.17, 15) is 9.59 Å². The molecule has 1 saturated heterocycles. The summed E-state index contributed by atoms with van der Waals surface area (Å²) in [7, 11) is 0. The van der Waals surface area contributed by atoms with Crippen molar-refractivity contribution < 1.29 is 14.7 Å². The third-order valence-electron chi connectivity index (χ3n) is 4.27. The number of benzene rings is 1. The van der Waals surface area contributed by atoms with E-state index in [-0.39, 0.29) is 17.2 Å². The Hall–Kier alpha value is -2.14. The highest BCUT2D eigenvalue weighted by atomic mass is 16.3. The minimum Gasteiger partial charge on any atom is -0.387 e. The lowest BCUT2D eigenvalue weighted by Gasteiger charge is -2.33. The minimum absolute atomic E-state index is 0.0500. The molecule has 0 aliphatic carbocycles. The number of carbonyl (C=O) groups excluding carboxylic acids is 2. The maximum atomic E-state index is 12.2. The number of hydrogen-bond acceptors (Lipinski definition) is 3. The molecule has 1 aliphatic rings. The van der Waals surface area contributed by atoms with Crippen LogP contribution in [0.4, 0.5) is 0 Å². The van der Waals surface area contributed by atoms with Crippen LogP contribution in [-0.2, 0) is 15.0 Å². The molecule has 0 aromatic heterocycles. The van der Waals surface area contributed by atoms with Gasteiger partial charge in [-0.15, -0.1) is 0 Å². The summed E-state index contributed by atoms with van der Waals surface area (Å²) in [5, 5.41) is 8.86. The molecule has 1 fully saturated rings. The average Bonchev–Trinajstić information content (AvgIpc) is 2.58. The molecule has 1 aromatic rings. The smallest absolute Gasteiger partial charge is 0.248 e. The van der Waals surface area contributed by atoms with Crippen LogP contribution in [0.5, 0.6) is 0 Å². The molecule has 1 N–H and O–H groups in total. The first-order chi connectivity index (χ1) is 11.3. The van der Waals surface area contributed by atoms with E-state index in [2.05, 4.69) is 32.9 Å². The van der Waals surface area contributed by atoms with Gasteiger partial charge < -0.3 is 14.9 Å². The summed E-state index contributed by atoms with van der Waals surface area (Å²) in [6, 6.07) is 8.21. The van der Waals surface area contributed by atoms with Crippen LogP contribution in [0.2, 0.25) is 0 Å². The number of hydrogen-bond donors (Lipinski definition) is 1. The topological polar surface area (TPSA) is 60.9 Å². The summed E-state index contributed by atoms with van der Waals surface area (Å²) >= 11 is 0. The molecule has 0 radical (unpaired) electrons. The lowest BCUT2D eigenvalue weighted by Crippen LogP contribution is -2.50. The lowest BCUT2D eigenvalue weighted by atomic mass is 9.87. The Morgan fingerprint density at radius 2 is 1.58 bits per heavy atom. The van der Waals surface area contributed by atoms with E-state index in [0.29, 0.717) is 26.2 Å². The van der Waals surface area contributed by atoms with Gasteiger partial charge in [-0.1, -0.05) is 45.0 Å². The monoisotopic (exact) mass is 330 g/mol. The second kappa shape index (κ2) is 7.62. The first-order valence-electron chi connectivity index (χ1n) is 8.27. The molecule has 0 spiro atoms. The maximum Gasteiger partial charge on any atom is 0.248 e. The zero-order chi connectivity index (χ0) is 17.7. The van der Waals surface area contributed by atoms with E-state index in [4.69, 9.17) is 5.11 Å². The Kier molecular flexibility index (Phi) is 5.78. The molecule has 0 bridgehead atoms. The molecule has 0 atom stereocenters. The van der Waals surface area contributed by atoms with Gasteiger partial charge in [0.2, 0.25) is 11.8 Å². The SMILES string of the molecule is CC(C)(C)c1ccc(/C=C/C(=O)N2CCN(C(=O)CO)CC2)cc1. The number of piperazine rings is 1. The van der Waals surface area contributed by atoms with Gasteiger partial charge in [-0.2, -0.15) is 0 Å². The maximum absolute atomic E-state index is 12.2. The third kappa shape index (κ3) is 4.68. The fourth-order valence-corrected chi connectivity index (χ4v) is 2.64. The van der Waals surface area contributed by atoms with E-state index in [1.165, 1.54) is 5.56 Å². The van der Waals surface area contributed by atoms with Crippen molar-refractivity contribution in [2.24, 2.45) is 0 Å². The van der Waals surface area contributed by atoms with Crippen molar-refractivity contribution in [1.29, 1.82) is 0 Å². The summed E-state index contributed by atoms with van der Waals surface area (Å²) in [5.41, 5.74) is 2.37. The second-order valence-corrected chi connectivity index (χ2v) is 7.07. The Morgan fingerprint density at radius 1 is 1.04 bits per heavy atom. The normalized spacial score (nSPS) is 15.8. The summed E-state index contributed by atoms with van der Waals surface area (Å²) in [5.74, 6) is -0.331. The number of aliphatic hydroxyl groups excluding tert-OH is 1. The van der Waals surface area contributed by atoms with Gasteiger partial charge in [0.15, 0.2) is 0 Å². The van der Waals surface area contributed by atoms with E-state index in [1.54, 1.807) is 15.9 Å². The Morgan fingerprint density at radius 3 is 2.08 bits per heavy atom. The van der Waals surface area contributed by atoms with Gasteiger partial charge in [-0.25, -0.2) is 0 Å². The van der Waals surface area contributed by atoms with Crippen LogP contribution >= 0.6 is 0 Å². The first-order valence-corrected chi connectivity index (χ1v) is 8.27. The number of aliphatic hydroxyl groups is 1. The highest BCUT2D eigenvalue weighted by Crippen LogP contribution is 2.22. The first kappa shape index (κ1) is 18.2. The molecular formula is C19H26N2O3. The average molecular weight is 330 g/mol. The zero-order valence-electron chi connectivity index (χ0n) is 14.7. The van der Waals surface area contributed by atoms with Gasteiger partial charge in [0.25, 0.3) is 0 Å². The fourth-order valence-electron chi connectivity index (χ4n) is 2.64. The van der Waals surface area contributed by atoms with Gasteiger partial charge in [-0.3, -0.25) is 9.59 Å². The number of amides is 2. The van der Waals surface area contributed by atoms with Crippen molar-refractivity contribution in [3.05, 3.63) is 41.5 Å². The molecule has 130 valence electrons. The van der Waals surface area contributed by atoms with E-state index >= 15 is 0 Å². The molecule has 1 aromatic carbocycles. The van der Waals surface area contributed by atoms with Crippen LogP contribution in [0.15, 0.2) is 30.3 Å². The molecule has 1 heterocycles. The molecule has 5 nitrogen and oxygen atoms in total. The van der Waals surface area contributed by atoms with Crippen LogP contribution in [0, 0.1) is 0 Å². The summed E-state index contributed by atoms with van der Waals surface area (Å²) in [6.45, 7) is 7.97. The highest BCUT2D eigenvalue weighted by molar-refractivity contribution is 5.92. The van der Waals surface area contributed by atoms with Crippen LogP contribution in [-0.4, -0.2) is 59.5 Å². The molecule has 24 heavy (non-hydrogen) atoms. The van der Waals surface area contributed by atoms with E-state index in [0.717, 1.165) is 5.56 Å². The second-order valence-electron chi connectivity index (χ2n) is 7.07. The standard InChI is InChI=1S/C19H26N2O3/c1-19(2,3)16-7-4-15(5-8-16)6-9-17(23)20-10-12-21(13-11-20)18(24)14-22/h4-9,22H,10-14H2,1-3H3/b9-6+. The summed E-state index contributed by atoms with van der Waals surface area (Å²) in [4.78, 5) is 26.9. The zero-order valence-corrected chi connectivity index (χ0v) is 14.7. The van der Waals surface area contributed by atoms with Gasteiger partial charge in [-0.05, 0) is 22.6 Å². The van der Waals surface area contributed by atoms with Crippen molar-refractivity contribution in [2.45, 2.75) is 26.2 Å². The Labute approximate surface area is 143 Å². The number of rotatable bonds is 3. The molecule has 0 saturated carbocycles. The predicted molar refractivity (Wildman–Crippen MR) is 94.4 cm³/mol. The quantitative estimate of drug-likeness (QED) is 0.858. The number of nitrogens with zero attached hydrogens (tertiary/aromatic N) is 2. The van der Waals surface area contributed by atoms with Crippen LogP contribution in [0.3, 0.4) is 0 Å². The molecular weight excluding hydrogens is 304 g/mol. The van der Waals surface area contributed by atoms with Crippen LogP contribution < -0.4 is 0 Å². The summed E-state index contributed by atoms with van der Waals surface area (Å²) in [6.07, 6.45) is 3.40. The fraction of sp³-hybridized carbons (Fsp3) is 0.474. The van der Waals surface area contributed by atoms with Crippen molar-refractivity contribution >= 4 is 17.9 Å². The Bertz CT molecular complexity index is 606. The summed E-state index contributed by atoms with van der Waals surface area (Å²) < 4.78 is 0. The Balaban J connectivity index is 1.91. The van der Waals surface area contributed by atoms with E-state index < -0.39 is 6.61 Å². The highest BCUT2D eigenvalue weighted by Gasteiger charge is 2.22. The van der Waals surface area contributed by atoms with Crippen molar-refractivity contribution in [2.75, 3.05) is 32.8 Å². The van der Waals surface area contributed by atoms with Gasteiger partial charge in [0, 0.05) is 32.3 Å². The van der Waals surface area contributed by atoms with Gasteiger partial charge >= 0.3 is 0 Å². The third-order valence-corrected chi connectivity index (χ3v) is 4.27. The molecule has 2 rings (SSSR count). The van der Waals surface area contributed by atoms with Crippen molar-refractivity contribution in [3.8, 4) is 0 Å². The van der Waals surface area contributed by atoms with Gasteiger partial charge in [0.1, 0.15) is 6.61 Å². The van der Waals surface area contributed by atoms with E-state index in [1.807, 2.05) is 18.2 Å². The number of carbonyl (C=O) groups is 2. The molecule has 2 amide bonds. The lowest BCUT2D eigenvalue weighted by molar-refractivity contribution is -0.139. The predicted octanol–water partition coefficient (Wildman–Crippen LogP) is 1.66. The molecule has 5 heteroatoms. The van der Waals surface area contributed by atoms with Gasteiger partial charge in [0.05, 0.1) is 0 Å². The van der Waals surface area contributed by atoms with Crippen LogP contribution in [0.25, 0.3) is 6.08 Å². The molecule has 0 unspecified atom stereocenters.